The minimum atomic E-state index is -0.144. The van der Waals surface area contributed by atoms with Gasteiger partial charge in [0.1, 0.15) is 0 Å². The summed E-state index contributed by atoms with van der Waals surface area (Å²) in [6.07, 6.45) is 2.01. The molecule has 0 unspecified atom stereocenters. The Kier molecular flexibility index (Phi) is 4.04. The van der Waals surface area contributed by atoms with Crippen molar-refractivity contribution in [1.29, 1.82) is 0 Å². The largest absolute Gasteiger partial charge is 0.399 e. The monoisotopic (exact) mass is 248 g/mol. The second kappa shape index (κ2) is 5.73. The molecule has 98 valence electrons. The van der Waals surface area contributed by atoms with Gasteiger partial charge in [0.15, 0.2) is 0 Å². The van der Waals surface area contributed by atoms with Crippen LogP contribution in [0.15, 0.2) is 24.3 Å². The van der Waals surface area contributed by atoms with Crippen molar-refractivity contribution in [3.05, 3.63) is 24.3 Å². The number of carbonyl (C=O) groups excluding carboxylic acids is 1. The first-order chi connectivity index (χ1) is 8.63. The van der Waals surface area contributed by atoms with Gasteiger partial charge in [-0.15, -0.1) is 0 Å². The van der Waals surface area contributed by atoms with Crippen molar-refractivity contribution >= 4 is 17.4 Å². The number of amides is 2. The van der Waals surface area contributed by atoms with E-state index in [-0.39, 0.29) is 12.1 Å². The third kappa shape index (κ3) is 3.63. The number of hydrogen-bond donors (Lipinski definition) is 3. The smallest absolute Gasteiger partial charge is 0.319 e. The predicted octanol–water partition coefficient (Wildman–Crippen LogP) is 1.48. The van der Waals surface area contributed by atoms with E-state index < -0.39 is 0 Å². The average Bonchev–Trinajstić information content (AvgIpc) is 2.35. The predicted molar refractivity (Wildman–Crippen MR) is 73.5 cm³/mol. The molecule has 1 fully saturated rings. The Labute approximate surface area is 107 Å². The molecule has 1 aromatic rings. The van der Waals surface area contributed by atoms with Crippen LogP contribution in [0.3, 0.4) is 0 Å². The lowest BCUT2D eigenvalue weighted by molar-refractivity contribution is 0.221. The van der Waals surface area contributed by atoms with Gasteiger partial charge in [-0.25, -0.2) is 4.79 Å². The summed E-state index contributed by atoms with van der Waals surface area (Å²) in [7, 11) is 2.10. The molecule has 0 saturated carbocycles. The summed E-state index contributed by atoms with van der Waals surface area (Å²) in [5.74, 6) is 0. The van der Waals surface area contributed by atoms with E-state index in [1.54, 1.807) is 24.3 Å². The highest BCUT2D eigenvalue weighted by Crippen LogP contribution is 2.11. The quantitative estimate of drug-likeness (QED) is 0.694. The number of benzene rings is 1. The molecule has 0 spiro atoms. The molecule has 1 aliphatic heterocycles. The zero-order chi connectivity index (χ0) is 13.0. The van der Waals surface area contributed by atoms with E-state index in [4.69, 9.17) is 5.73 Å². The number of rotatable bonds is 2. The Bertz CT molecular complexity index is 396. The van der Waals surface area contributed by atoms with Gasteiger partial charge in [0.2, 0.25) is 0 Å². The fourth-order valence-corrected chi connectivity index (χ4v) is 2.07. The fraction of sp³-hybridized carbons (Fsp3) is 0.462. The van der Waals surface area contributed by atoms with Crippen molar-refractivity contribution in [1.82, 2.24) is 10.2 Å². The van der Waals surface area contributed by atoms with Gasteiger partial charge in [0, 0.05) is 17.4 Å². The average molecular weight is 248 g/mol. The zero-order valence-electron chi connectivity index (χ0n) is 10.6. The molecule has 18 heavy (non-hydrogen) atoms. The molecule has 1 saturated heterocycles. The summed E-state index contributed by atoms with van der Waals surface area (Å²) in [6.45, 7) is 2.07. The Morgan fingerprint density at radius 2 is 1.89 bits per heavy atom. The summed E-state index contributed by atoms with van der Waals surface area (Å²) < 4.78 is 0. The lowest BCUT2D eigenvalue weighted by atomic mass is 10.1. The number of anilines is 2. The van der Waals surface area contributed by atoms with Crippen molar-refractivity contribution < 1.29 is 4.79 Å². The lowest BCUT2D eigenvalue weighted by Gasteiger charge is -2.29. The van der Waals surface area contributed by atoms with Crippen molar-refractivity contribution in [2.24, 2.45) is 0 Å². The number of urea groups is 1. The van der Waals surface area contributed by atoms with E-state index in [1.165, 1.54) is 0 Å². The minimum absolute atomic E-state index is 0.144. The molecule has 2 rings (SSSR count). The van der Waals surface area contributed by atoms with E-state index in [1.807, 2.05) is 0 Å². The van der Waals surface area contributed by atoms with E-state index in [2.05, 4.69) is 22.6 Å². The summed E-state index contributed by atoms with van der Waals surface area (Å²) in [4.78, 5) is 14.1. The molecule has 1 aromatic carbocycles. The van der Waals surface area contributed by atoms with Crippen LogP contribution in [-0.4, -0.2) is 37.1 Å². The fourth-order valence-electron chi connectivity index (χ4n) is 2.07. The van der Waals surface area contributed by atoms with E-state index in [0.717, 1.165) is 31.6 Å². The normalized spacial score (nSPS) is 17.4. The molecular formula is C13H20N4O. The van der Waals surface area contributed by atoms with Gasteiger partial charge in [-0.05, 0) is 57.2 Å². The maximum Gasteiger partial charge on any atom is 0.319 e. The molecular weight excluding hydrogens is 228 g/mol. The third-order valence-corrected chi connectivity index (χ3v) is 3.22. The van der Waals surface area contributed by atoms with Crippen LogP contribution in [0.5, 0.6) is 0 Å². The SMILES string of the molecule is CN1CCC(NC(=O)Nc2ccc(N)cc2)CC1. The Morgan fingerprint density at radius 1 is 1.28 bits per heavy atom. The number of likely N-dealkylation sites (tertiary alicyclic amines) is 1. The number of nitrogens with two attached hydrogens (primary N) is 1. The topological polar surface area (TPSA) is 70.4 Å². The van der Waals surface area contributed by atoms with Crippen LogP contribution in [0.2, 0.25) is 0 Å². The molecule has 2 amide bonds. The van der Waals surface area contributed by atoms with Crippen molar-refractivity contribution in [2.75, 3.05) is 31.2 Å². The number of nitrogen functional groups attached to an aromatic ring is 1. The second-order valence-corrected chi connectivity index (χ2v) is 4.80. The molecule has 0 aliphatic carbocycles. The lowest BCUT2D eigenvalue weighted by Crippen LogP contribution is -2.44. The van der Waals surface area contributed by atoms with E-state index >= 15 is 0 Å². The first-order valence-electron chi connectivity index (χ1n) is 6.25. The first kappa shape index (κ1) is 12.7. The zero-order valence-corrected chi connectivity index (χ0v) is 10.6. The van der Waals surface area contributed by atoms with Gasteiger partial charge in [-0.1, -0.05) is 0 Å². The van der Waals surface area contributed by atoms with Crippen molar-refractivity contribution in [2.45, 2.75) is 18.9 Å². The molecule has 4 N–H and O–H groups in total. The van der Waals surface area contributed by atoms with Crippen LogP contribution in [-0.2, 0) is 0 Å². The highest BCUT2D eigenvalue weighted by molar-refractivity contribution is 5.89. The Morgan fingerprint density at radius 3 is 2.50 bits per heavy atom. The van der Waals surface area contributed by atoms with Gasteiger partial charge in [-0.3, -0.25) is 0 Å². The number of hydrogen-bond acceptors (Lipinski definition) is 3. The molecule has 1 aliphatic rings. The Balaban J connectivity index is 1.80. The van der Waals surface area contributed by atoms with Gasteiger partial charge < -0.3 is 21.3 Å². The molecule has 5 nitrogen and oxygen atoms in total. The van der Waals surface area contributed by atoms with Crippen molar-refractivity contribution in [3.8, 4) is 0 Å². The molecule has 5 heteroatoms. The molecule has 0 radical (unpaired) electrons. The van der Waals surface area contributed by atoms with Gasteiger partial charge in [-0.2, -0.15) is 0 Å². The molecule has 0 aromatic heterocycles. The highest BCUT2D eigenvalue weighted by Gasteiger charge is 2.18. The molecule has 1 heterocycles. The van der Waals surface area contributed by atoms with Gasteiger partial charge in [0.25, 0.3) is 0 Å². The Hall–Kier alpha value is -1.75. The van der Waals surface area contributed by atoms with Crippen molar-refractivity contribution in [3.63, 3.8) is 0 Å². The summed E-state index contributed by atoms with van der Waals surface area (Å²) >= 11 is 0. The molecule has 0 bridgehead atoms. The first-order valence-corrected chi connectivity index (χ1v) is 6.25. The second-order valence-electron chi connectivity index (χ2n) is 4.80. The third-order valence-electron chi connectivity index (χ3n) is 3.22. The number of piperidine rings is 1. The maximum atomic E-state index is 11.8. The molecule has 0 atom stereocenters. The standard InChI is InChI=1S/C13H20N4O/c1-17-8-6-12(7-9-17)16-13(18)15-11-4-2-10(14)3-5-11/h2-5,12H,6-9,14H2,1H3,(H2,15,16,18). The maximum absolute atomic E-state index is 11.8. The van der Waals surface area contributed by atoms with Crippen LogP contribution in [0.4, 0.5) is 16.2 Å². The number of nitrogens with zero attached hydrogens (tertiary/aromatic N) is 1. The van der Waals surface area contributed by atoms with Gasteiger partial charge >= 0.3 is 6.03 Å². The highest BCUT2D eigenvalue weighted by atomic mass is 16.2. The summed E-state index contributed by atoms with van der Waals surface area (Å²) in [5.41, 5.74) is 7.04. The number of carbonyl (C=O) groups is 1. The van der Waals surface area contributed by atoms with Crippen LogP contribution in [0.1, 0.15) is 12.8 Å². The summed E-state index contributed by atoms with van der Waals surface area (Å²) in [6, 6.07) is 7.26. The van der Waals surface area contributed by atoms with Crippen LogP contribution in [0, 0.1) is 0 Å². The van der Waals surface area contributed by atoms with E-state index in [0.29, 0.717) is 5.69 Å². The van der Waals surface area contributed by atoms with E-state index in [9.17, 15) is 4.79 Å². The number of nitrogens with one attached hydrogen (secondary N) is 2. The summed E-state index contributed by atoms with van der Waals surface area (Å²) in [5, 5.41) is 5.80. The van der Waals surface area contributed by atoms with Crippen LogP contribution >= 0.6 is 0 Å². The van der Waals surface area contributed by atoms with Crippen LogP contribution < -0.4 is 16.4 Å². The minimum Gasteiger partial charge on any atom is -0.399 e. The van der Waals surface area contributed by atoms with Gasteiger partial charge in [0.05, 0.1) is 0 Å². The van der Waals surface area contributed by atoms with Crippen LogP contribution in [0.25, 0.3) is 0 Å².